The normalized spacial score (nSPS) is 16.9. The number of allylic oxidation sites excluding steroid dienone is 1. The minimum Gasteiger partial charge on any atom is -0.358 e. The largest absolute Gasteiger partial charge is 0.358 e. The Balaban J connectivity index is 1.90. The molecule has 1 atom stereocenters. The van der Waals surface area contributed by atoms with Crippen molar-refractivity contribution in [2.24, 2.45) is 0 Å². The predicted molar refractivity (Wildman–Crippen MR) is 98.2 cm³/mol. The van der Waals surface area contributed by atoms with Crippen LogP contribution in [0.5, 0.6) is 0 Å². The lowest BCUT2D eigenvalue weighted by molar-refractivity contribution is -0.114. The zero-order valence-electron chi connectivity index (χ0n) is 13.9. The van der Waals surface area contributed by atoms with E-state index in [0.717, 1.165) is 23.3 Å². The van der Waals surface area contributed by atoms with E-state index in [-0.39, 0.29) is 11.9 Å². The molecule has 0 fully saturated rings. The Hall–Kier alpha value is -2.81. The second-order valence-corrected chi connectivity index (χ2v) is 6.27. The lowest BCUT2D eigenvalue weighted by Gasteiger charge is -2.25. The van der Waals surface area contributed by atoms with Crippen LogP contribution in [0.3, 0.4) is 0 Å². The van der Waals surface area contributed by atoms with Gasteiger partial charge in [0.15, 0.2) is 0 Å². The van der Waals surface area contributed by atoms with Crippen molar-refractivity contribution in [3.63, 3.8) is 0 Å². The van der Waals surface area contributed by atoms with E-state index in [2.05, 4.69) is 36.2 Å². The van der Waals surface area contributed by atoms with Crippen molar-refractivity contribution < 1.29 is 4.79 Å². The highest BCUT2D eigenvalue weighted by molar-refractivity contribution is 6.04. The van der Waals surface area contributed by atoms with Crippen molar-refractivity contribution in [3.05, 3.63) is 77.5 Å². The SMILES string of the molecule is C/C=C\C(=O)N1c2ccccc2C[C@H]1c1c(C)[nH]c2ccccc12. The maximum atomic E-state index is 12.8. The number of nitrogens with one attached hydrogen (secondary N) is 1. The summed E-state index contributed by atoms with van der Waals surface area (Å²) in [6, 6.07) is 16.5. The Kier molecular flexibility index (Phi) is 3.49. The molecule has 1 amide bonds. The summed E-state index contributed by atoms with van der Waals surface area (Å²) in [6.07, 6.45) is 4.31. The highest BCUT2D eigenvalue weighted by Crippen LogP contribution is 2.43. The van der Waals surface area contributed by atoms with Crippen LogP contribution in [0.1, 0.15) is 29.8 Å². The van der Waals surface area contributed by atoms with Crippen LogP contribution in [0.15, 0.2) is 60.7 Å². The van der Waals surface area contributed by atoms with Gasteiger partial charge in [-0.25, -0.2) is 0 Å². The van der Waals surface area contributed by atoms with Gasteiger partial charge in [0.2, 0.25) is 0 Å². The molecular weight excluding hydrogens is 296 g/mol. The van der Waals surface area contributed by atoms with Gasteiger partial charge in [-0.15, -0.1) is 0 Å². The van der Waals surface area contributed by atoms with Crippen LogP contribution < -0.4 is 4.90 Å². The Morgan fingerprint density at radius 2 is 1.92 bits per heavy atom. The van der Waals surface area contributed by atoms with E-state index in [1.807, 2.05) is 42.2 Å². The first-order valence-corrected chi connectivity index (χ1v) is 8.31. The van der Waals surface area contributed by atoms with Gasteiger partial charge < -0.3 is 9.88 Å². The number of carbonyl (C=O) groups excluding carboxylic acids is 1. The van der Waals surface area contributed by atoms with E-state index >= 15 is 0 Å². The summed E-state index contributed by atoms with van der Waals surface area (Å²) in [5, 5.41) is 1.20. The molecule has 0 bridgehead atoms. The third-order valence-corrected chi connectivity index (χ3v) is 4.80. The number of rotatable bonds is 2. The number of nitrogens with zero attached hydrogens (tertiary/aromatic N) is 1. The Morgan fingerprint density at radius 1 is 1.17 bits per heavy atom. The van der Waals surface area contributed by atoms with Gasteiger partial charge in [0.25, 0.3) is 5.91 Å². The topological polar surface area (TPSA) is 36.1 Å². The fourth-order valence-electron chi connectivity index (χ4n) is 3.84. The van der Waals surface area contributed by atoms with Gasteiger partial charge in [0.05, 0.1) is 6.04 Å². The average molecular weight is 316 g/mol. The van der Waals surface area contributed by atoms with Crippen molar-refractivity contribution in [1.29, 1.82) is 0 Å². The third kappa shape index (κ3) is 2.16. The van der Waals surface area contributed by atoms with Crippen LogP contribution in [0.2, 0.25) is 0 Å². The van der Waals surface area contributed by atoms with Crippen molar-refractivity contribution in [3.8, 4) is 0 Å². The van der Waals surface area contributed by atoms with Crippen molar-refractivity contribution in [2.75, 3.05) is 4.90 Å². The molecule has 0 unspecified atom stereocenters. The number of aromatic nitrogens is 1. The monoisotopic (exact) mass is 316 g/mol. The maximum Gasteiger partial charge on any atom is 0.251 e. The number of fused-ring (bicyclic) bond motifs is 2. The van der Waals surface area contributed by atoms with Crippen LogP contribution in [0.4, 0.5) is 5.69 Å². The molecule has 1 N–H and O–H groups in total. The van der Waals surface area contributed by atoms with Crippen LogP contribution in [0.25, 0.3) is 10.9 Å². The van der Waals surface area contributed by atoms with E-state index in [9.17, 15) is 4.79 Å². The molecular formula is C21H20N2O. The van der Waals surface area contributed by atoms with Crippen LogP contribution >= 0.6 is 0 Å². The second kappa shape index (κ2) is 5.68. The fraction of sp³-hybridized carbons (Fsp3) is 0.190. The zero-order chi connectivity index (χ0) is 16.7. The smallest absolute Gasteiger partial charge is 0.251 e. The maximum absolute atomic E-state index is 12.8. The highest BCUT2D eigenvalue weighted by atomic mass is 16.2. The van der Waals surface area contributed by atoms with Crippen molar-refractivity contribution >= 4 is 22.5 Å². The lowest BCUT2D eigenvalue weighted by Crippen LogP contribution is -2.30. The summed E-state index contributed by atoms with van der Waals surface area (Å²) in [5.41, 5.74) is 5.73. The van der Waals surface area contributed by atoms with Gasteiger partial charge in [0.1, 0.15) is 0 Å². The number of carbonyl (C=O) groups is 1. The van der Waals surface area contributed by atoms with Gasteiger partial charge in [-0.2, -0.15) is 0 Å². The molecule has 1 aromatic heterocycles. The van der Waals surface area contributed by atoms with E-state index in [0.29, 0.717) is 0 Å². The second-order valence-electron chi connectivity index (χ2n) is 6.27. The summed E-state index contributed by atoms with van der Waals surface area (Å²) in [6.45, 7) is 3.97. The first-order valence-electron chi connectivity index (χ1n) is 8.31. The molecule has 4 rings (SSSR count). The molecule has 120 valence electrons. The van der Waals surface area contributed by atoms with Crippen LogP contribution in [-0.4, -0.2) is 10.9 Å². The van der Waals surface area contributed by atoms with Gasteiger partial charge in [0, 0.05) is 27.8 Å². The summed E-state index contributed by atoms with van der Waals surface area (Å²) in [7, 11) is 0. The Morgan fingerprint density at radius 3 is 2.75 bits per heavy atom. The number of aryl methyl sites for hydroxylation is 1. The molecule has 0 saturated heterocycles. The third-order valence-electron chi connectivity index (χ3n) is 4.80. The number of hydrogen-bond donors (Lipinski definition) is 1. The molecule has 3 aromatic rings. The average Bonchev–Trinajstić information content (AvgIpc) is 3.11. The number of H-pyrrole nitrogens is 1. The Labute approximate surface area is 141 Å². The highest BCUT2D eigenvalue weighted by Gasteiger charge is 2.35. The quantitative estimate of drug-likeness (QED) is 0.684. The van der Waals surface area contributed by atoms with Crippen molar-refractivity contribution in [1.82, 2.24) is 4.98 Å². The number of aromatic amines is 1. The summed E-state index contributed by atoms with van der Waals surface area (Å²) >= 11 is 0. The van der Waals surface area contributed by atoms with Crippen LogP contribution in [0, 0.1) is 6.92 Å². The minimum atomic E-state index is 0.0299. The molecule has 2 heterocycles. The summed E-state index contributed by atoms with van der Waals surface area (Å²) in [5.74, 6) is 0.0390. The van der Waals surface area contributed by atoms with E-state index in [4.69, 9.17) is 0 Å². The number of para-hydroxylation sites is 2. The van der Waals surface area contributed by atoms with Gasteiger partial charge in [-0.3, -0.25) is 4.79 Å². The summed E-state index contributed by atoms with van der Waals surface area (Å²) in [4.78, 5) is 18.2. The molecule has 3 heteroatoms. The molecule has 0 aliphatic carbocycles. The van der Waals surface area contributed by atoms with E-state index in [1.54, 1.807) is 6.08 Å². The van der Waals surface area contributed by atoms with Crippen molar-refractivity contribution in [2.45, 2.75) is 26.3 Å². The molecule has 2 aromatic carbocycles. The number of amides is 1. The molecule has 1 aliphatic heterocycles. The number of benzene rings is 2. The summed E-state index contributed by atoms with van der Waals surface area (Å²) < 4.78 is 0. The van der Waals surface area contributed by atoms with Crippen LogP contribution in [-0.2, 0) is 11.2 Å². The fourth-order valence-corrected chi connectivity index (χ4v) is 3.84. The molecule has 0 saturated carbocycles. The molecule has 0 radical (unpaired) electrons. The van der Waals surface area contributed by atoms with Gasteiger partial charge in [-0.1, -0.05) is 42.5 Å². The molecule has 0 spiro atoms. The number of hydrogen-bond acceptors (Lipinski definition) is 1. The molecule has 24 heavy (non-hydrogen) atoms. The minimum absolute atomic E-state index is 0.0299. The first-order chi connectivity index (χ1) is 11.7. The Bertz CT molecular complexity index is 951. The lowest BCUT2D eigenvalue weighted by atomic mass is 9.99. The standard InChI is InChI=1S/C21H20N2O/c1-3-8-20(24)23-18-12-7-4-9-15(18)13-19(23)21-14(2)22-17-11-6-5-10-16(17)21/h3-12,19,22H,13H2,1-2H3/b8-3-/t19-/m0/s1. The molecule has 1 aliphatic rings. The van der Waals surface area contributed by atoms with E-state index < -0.39 is 0 Å². The molecule has 3 nitrogen and oxygen atoms in total. The zero-order valence-corrected chi connectivity index (χ0v) is 13.9. The van der Waals surface area contributed by atoms with Gasteiger partial charge in [-0.05, 0) is 44.0 Å². The van der Waals surface area contributed by atoms with Gasteiger partial charge >= 0.3 is 0 Å². The van der Waals surface area contributed by atoms with E-state index in [1.165, 1.54) is 16.5 Å². The number of anilines is 1. The first kappa shape index (κ1) is 14.8. The predicted octanol–water partition coefficient (Wildman–Crippen LogP) is 4.68.